The number of rotatable bonds is 3. The summed E-state index contributed by atoms with van der Waals surface area (Å²) in [6.07, 6.45) is 1.95. The number of aryl methyl sites for hydroxylation is 3. The number of halogens is 1. The predicted molar refractivity (Wildman–Crippen MR) is 92.5 cm³/mol. The van der Waals surface area contributed by atoms with Gasteiger partial charge in [-0.05, 0) is 56.9 Å². The lowest BCUT2D eigenvalue weighted by Crippen LogP contribution is -2.39. The Bertz CT molecular complexity index is 1050. The van der Waals surface area contributed by atoms with E-state index in [1.165, 1.54) is 12.1 Å². The first-order chi connectivity index (χ1) is 11.8. The molecule has 0 aliphatic heterocycles. The molecule has 3 N–H and O–H groups in total. The van der Waals surface area contributed by atoms with E-state index < -0.39 is 10.0 Å². The van der Waals surface area contributed by atoms with Crippen LogP contribution in [-0.2, 0) is 22.9 Å². The number of sulfonamides is 1. The van der Waals surface area contributed by atoms with Gasteiger partial charge in [0.15, 0.2) is 0 Å². The highest BCUT2D eigenvalue weighted by Gasteiger charge is 2.29. The number of H-pyrrole nitrogens is 2. The topological polar surface area (TPSA) is 90.6 Å². The highest BCUT2D eigenvalue weighted by Crippen LogP contribution is 2.30. The molecule has 1 atom stereocenters. The highest BCUT2D eigenvalue weighted by molar-refractivity contribution is 7.89. The summed E-state index contributed by atoms with van der Waals surface area (Å²) in [5.74, 6) is -0.290. The van der Waals surface area contributed by atoms with Gasteiger partial charge >= 0.3 is 0 Å². The Morgan fingerprint density at radius 1 is 1.32 bits per heavy atom. The molecular weight excluding hydrogens is 343 g/mol. The summed E-state index contributed by atoms with van der Waals surface area (Å²) in [6, 6.07) is 4.43. The molecule has 3 aromatic rings. The number of fused-ring (bicyclic) bond motifs is 3. The van der Waals surface area contributed by atoms with Crippen LogP contribution in [0.15, 0.2) is 23.1 Å². The molecule has 0 amide bonds. The number of nitrogens with zero attached hydrogens (tertiary/aromatic N) is 1. The average molecular weight is 362 g/mol. The van der Waals surface area contributed by atoms with Gasteiger partial charge in [0.25, 0.3) is 0 Å². The zero-order valence-corrected chi connectivity index (χ0v) is 14.8. The fourth-order valence-corrected chi connectivity index (χ4v) is 5.35. The van der Waals surface area contributed by atoms with Crippen molar-refractivity contribution >= 4 is 20.9 Å². The highest BCUT2D eigenvalue weighted by atomic mass is 32.2. The lowest BCUT2D eigenvalue weighted by Gasteiger charge is -2.23. The Morgan fingerprint density at radius 2 is 2.12 bits per heavy atom. The van der Waals surface area contributed by atoms with Crippen molar-refractivity contribution in [2.75, 3.05) is 0 Å². The van der Waals surface area contributed by atoms with Gasteiger partial charge < -0.3 is 4.98 Å². The molecule has 25 heavy (non-hydrogen) atoms. The van der Waals surface area contributed by atoms with Crippen molar-refractivity contribution in [1.82, 2.24) is 19.9 Å². The zero-order chi connectivity index (χ0) is 17.8. The molecule has 1 aliphatic rings. The van der Waals surface area contributed by atoms with Crippen LogP contribution in [0.5, 0.6) is 0 Å². The summed E-state index contributed by atoms with van der Waals surface area (Å²) in [7, 11) is -3.65. The van der Waals surface area contributed by atoms with Crippen molar-refractivity contribution in [3.05, 3.63) is 46.7 Å². The normalized spacial score (nSPS) is 17.8. The molecule has 0 fully saturated rings. The minimum Gasteiger partial charge on any atom is -0.358 e. The van der Waals surface area contributed by atoms with E-state index >= 15 is 0 Å². The van der Waals surface area contributed by atoms with E-state index in [-0.39, 0.29) is 16.8 Å². The molecule has 1 aromatic carbocycles. The van der Waals surface area contributed by atoms with Gasteiger partial charge in [0.1, 0.15) is 10.7 Å². The molecular formula is C17H19FN4O2S. The van der Waals surface area contributed by atoms with Crippen LogP contribution in [0.4, 0.5) is 4.39 Å². The van der Waals surface area contributed by atoms with Crippen LogP contribution in [0.1, 0.15) is 29.1 Å². The lowest BCUT2D eigenvalue weighted by molar-refractivity contribution is 0.506. The van der Waals surface area contributed by atoms with E-state index in [0.717, 1.165) is 28.6 Å². The van der Waals surface area contributed by atoms with E-state index in [0.29, 0.717) is 24.2 Å². The Morgan fingerprint density at radius 3 is 2.84 bits per heavy atom. The Kier molecular flexibility index (Phi) is 3.69. The second kappa shape index (κ2) is 5.67. The molecule has 0 saturated carbocycles. The molecule has 8 heteroatoms. The molecule has 1 aliphatic carbocycles. The Balaban J connectivity index is 1.65. The molecule has 132 valence electrons. The van der Waals surface area contributed by atoms with Crippen LogP contribution in [0.3, 0.4) is 0 Å². The largest absolute Gasteiger partial charge is 0.358 e. The number of benzene rings is 1. The van der Waals surface area contributed by atoms with Gasteiger partial charge in [-0.15, -0.1) is 0 Å². The summed E-state index contributed by atoms with van der Waals surface area (Å²) in [6.45, 7) is 3.36. The van der Waals surface area contributed by atoms with E-state index in [1.54, 1.807) is 19.9 Å². The minimum absolute atomic E-state index is 0.211. The first-order valence-corrected chi connectivity index (χ1v) is 9.66. The average Bonchev–Trinajstić information content (AvgIpc) is 3.07. The smallest absolute Gasteiger partial charge is 0.244 e. The standard InChI is InChI=1S/C17H19FN4O2S/c1-9-17(10(2)21-20-9)25(23,24)22-12-4-6-16-14(8-12)13-7-11(18)3-5-15(13)19-16/h3,5,7,12,19,22H,4,6,8H2,1-2H3,(H,20,21). The second-order valence-corrected chi connectivity index (χ2v) is 8.25. The maximum Gasteiger partial charge on any atom is 0.244 e. The Hall–Kier alpha value is -2.19. The van der Waals surface area contributed by atoms with Gasteiger partial charge in [0.05, 0.1) is 11.4 Å². The van der Waals surface area contributed by atoms with Crippen molar-refractivity contribution in [3.8, 4) is 0 Å². The summed E-state index contributed by atoms with van der Waals surface area (Å²) in [5.41, 5.74) is 3.92. The van der Waals surface area contributed by atoms with E-state index in [1.807, 2.05) is 0 Å². The van der Waals surface area contributed by atoms with Crippen LogP contribution in [0.25, 0.3) is 10.9 Å². The first kappa shape index (κ1) is 16.3. The van der Waals surface area contributed by atoms with Crippen molar-refractivity contribution in [3.63, 3.8) is 0 Å². The van der Waals surface area contributed by atoms with Crippen LogP contribution in [-0.4, -0.2) is 29.6 Å². The summed E-state index contributed by atoms with van der Waals surface area (Å²) in [5, 5.41) is 7.50. The van der Waals surface area contributed by atoms with Crippen LogP contribution in [0, 0.1) is 19.7 Å². The third-order valence-electron chi connectivity index (χ3n) is 4.80. The number of hydrogen-bond acceptors (Lipinski definition) is 3. The number of aromatic nitrogens is 3. The Labute approximate surface area is 144 Å². The molecule has 0 radical (unpaired) electrons. The van der Waals surface area contributed by atoms with Gasteiger partial charge in [0, 0.05) is 22.6 Å². The number of nitrogens with one attached hydrogen (secondary N) is 3. The number of hydrogen-bond donors (Lipinski definition) is 3. The predicted octanol–water partition coefficient (Wildman–Crippen LogP) is 2.48. The van der Waals surface area contributed by atoms with Gasteiger partial charge in [0.2, 0.25) is 10.0 Å². The number of aromatic amines is 2. The molecule has 1 unspecified atom stereocenters. The molecule has 0 saturated heterocycles. The molecule has 4 rings (SSSR count). The van der Waals surface area contributed by atoms with Gasteiger partial charge in [-0.1, -0.05) is 0 Å². The summed E-state index contributed by atoms with van der Waals surface area (Å²) >= 11 is 0. The van der Waals surface area contributed by atoms with E-state index in [4.69, 9.17) is 0 Å². The van der Waals surface area contributed by atoms with Crippen molar-refractivity contribution in [1.29, 1.82) is 0 Å². The second-order valence-electron chi connectivity index (χ2n) is 6.60. The van der Waals surface area contributed by atoms with Gasteiger partial charge in [-0.25, -0.2) is 17.5 Å². The molecule has 2 heterocycles. The van der Waals surface area contributed by atoms with Gasteiger partial charge in [-0.2, -0.15) is 5.10 Å². The molecule has 0 spiro atoms. The minimum atomic E-state index is -3.65. The first-order valence-electron chi connectivity index (χ1n) is 8.18. The van der Waals surface area contributed by atoms with Crippen molar-refractivity contribution < 1.29 is 12.8 Å². The fourth-order valence-electron chi connectivity index (χ4n) is 3.70. The molecule has 6 nitrogen and oxygen atoms in total. The zero-order valence-electron chi connectivity index (χ0n) is 14.0. The SMILES string of the molecule is Cc1n[nH]c(C)c1S(=O)(=O)NC1CCc2[nH]c3ccc(F)cc3c2C1. The van der Waals surface area contributed by atoms with E-state index in [2.05, 4.69) is 19.9 Å². The van der Waals surface area contributed by atoms with Crippen LogP contribution in [0.2, 0.25) is 0 Å². The maximum absolute atomic E-state index is 13.6. The molecule has 2 aromatic heterocycles. The third-order valence-corrected chi connectivity index (χ3v) is 6.58. The van der Waals surface area contributed by atoms with Crippen molar-refractivity contribution in [2.45, 2.75) is 44.0 Å². The summed E-state index contributed by atoms with van der Waals surface area (Å²) in [4.78, 5) is 3.52. The van der Waals surface area contributed by atoms with Gasteiger partial charge in [-0.3, -0.25) is 5.10 Å². The van der Waals surface area contributed by atoms with Crippen LogP contribution >= 0.6 is 0 Å². The fraction of sp³-hybridized carbons (Fsp3) is 0.353. The maximum atomic E-state index is 13.6. The monoisotopic (exact) mass is 362 g/mol. The van der Waals surface area contributed by atoms with Crippen LogP contribution < -0.4 is 4.72 Å². The third kappa shape index (κ3) is 2.75. The van der Waals surface area contributed by atoms with Crippen molar-refractivity contribution in [2.24, 2.45) is 0 Å². The lowest BCUT2D eigenvalue weighted by atomic mass is 9.92. The quantitative estimate of drug-likeness (QED) is 0.668. The van der Waals surface area contributed by atoms with E-state index in [9.17, 15) is 12.8 Å². The molecule has 0 bridgehead atoms. The summed E-state index contributed by atoms with van der Waals surface area (Å²) < 4.78 is 41.8.